The van der Waals surface area contributed by atoms with Gasteiger partial charge in [-0.3, -0.25) is 14.2 Å². The number of anilines is 3. The molecule has 6 aromatic rings. The number of piperazine rings is 1. The Morgan fingerprint density at radius 2 is 1.37 bits per heavy atom. The predicted molar refractivity (Wildman–Crippen MR) is 207 cm³/mol. The van der Waals surface area contributed by atoms with Crippen LogP contribution in [0.15, 0.2) is 131 Å². The molecular weight excluding hydrogens is 729 g/mol. The highest BCUT2D eigenvalue weighted by molar-refractivity contribution is 7.93. The maximum Gasteiger partial charge on any atom is 0.265 e. The quantitative estimate of drug-likeness (QED) is 0.163. The van der Waals surface area contributed by atoms with Crippen molar-refractivity contribution in [3.63, 3.8) is 0 Å². The minimum atomic E-state index is -4.37. The molecule has 0 atom stereocenters. The van der Waals surface area contributed by atoms with Gasteiger partial charge in [0.15, 0.2) is 0 Å². The summed E-state index contributed by atoms with van der Waals surface area (Å²) >= 11 is 0. The molecule has 0 radical (unpaired) electrons. The van der Waals surface area contributed by atoms with E-state index in [1.165, 1.54) is 56.7 Å². The first kappa shape index (κ1) is 36.2. The van der Waals surface area contributed by atoms with Crippen LogP contribution < -0.4 is 23.8 Å². The number of fused-ring (bicyclic) bond motifs is 1. The molecule has 1 amide bonds. The Kier molecular flexibility index (Phi) is 10.1. The number of amides is 1. The van der Waals surface area contributed by atoms with E-state index in [2.05, 4.69) is 9.44 Å². The van der Waals surface area contributed by atoms with Crippen molar-refractivity contribution < 1.29 is 31.1 Å². The van der Waals surface area contributed by atoms with E-state index in [9.17, 15) is 21.6 Å². The first-order valence-electron chi connectivity index (χ1n) is 16.9. The zero-order valence-corrected chi connectivity index (χ0v) is 31.0. The second kappa shape index (κ2) is 15.0. The average Bonchev–Trinajstić information content (AvgIpc) is 3.20. The van der Waals surface area contributed by atoms with Crippen LogP contribution in [0.4, 0.5) is 17.3 Å². The van der Waals surface area contributed by atoms with E-state index in [0.717, 1.165) is 22.2 Å². The number of nitrogens with one attached hydrogen (secondary N) is 2. The largest absolute Gasteiger partial charge is 0.495 e. The van der Waals surface area contributed by atoms with Crippen LogP contribution >= 0.6 is 0 Å². The first-order chi connectivity index (χ1) is 26.1. The highest BCUT2D eigenvalue weighted by Gasteiger charge is 2.28. The fourth-order valence-electron chi connectivity index (χ4n) is 6.20. The van der Waals surface area contributed by atoms with Gasteiger partial charge in [-0.15, -0.1) is 0 Å². The molecule has 0 saturated carbocycles. The number of rotatable bonds is 11. The van der Waals surface area contributed by atoms with E-state index in [4.69, 9.17) is 19.4 Å². The monoisotopic (exact) mass is 764 g/mol. The maximum atomic E-state index is 13.8. The number of aromatic nitrogens is 2. The van der Waals surface area contributed by atoms with Crippen LogP contribution in [0.5, 0.6) is 11.5 Å². The molecule has 13 nitrogen and oxygen atoms in total. The number of carbonyl (C=O) groups is 1. The second-order valence-corrected chi connectivity index (χ2v) is 15.7. The third-order valence-corrected chi connectivity index (χ3v) is 11.7. The predicted octanol–water partition coefficient (Wildman–Crippen LogP) is 5.88. The molecule has 2 N–H and O–H groups in total. The van der Waals surface area contributed by atoms with Crippen molar-refractivity contribution >= 4 is 54.2 Å². The third kappa shape index (κ3) is 7.49. The number of ether oxygens (including phenoxy) is 2. The summed E-state index contributed by atoms with van der Waals surface area (Å²) in [5.41, 5.74) is 2.98. The van der Waals surface area contributed by atoms with Gasteiger partial charge >= 0.3 is 0 Å². The van der Waals surface area contributed by atoms with Gasteiger partial charge in [0.05, 0.1) is 41.7 Å². The number of nitrogens with zero attached hydrogens (tertiary/aromatic N) is 4. The number of benzene rings is 5. The van der Waals surface area contributed by atoms with Crippen molar-refractivity contribution in [2.75, 3.05) is 54.7 Å². The van der Waals surface area contributed by atoms with E-state index < -0.39 is 20.0 Å². The molecule has 1 aromatic heterocycles. The van der Waals surface area contributed by atoms with Crippen molar-refractivity contribution in [3.8, 4) is 22.8 Å². The van der Waals surface area contributed by atoms with Crippen LogP contribution in [0.1, 0.15) is 10.4 Å². The summed E-state index contributed by atoms with van der Waals surface area (Å²) in [6, 6.07) is 33.8. The number of para-hydroxylation sites is 3. The SMILES string of the molecule is COc1ccccc1NS(=O)(=O)c1cccc(NS(=O)(=O)c2cc(C(=O)N3CCN(c4nc(-c5ccccc5)c5ccccc5n4)CC3)ccc2OC)c1. The molecule has 15 heteroatoms. The summed E-state index contributed by atoms with van der Waals surface area (Å²) in [6.45, 7) is 1.64. The van der Waals surface area contributed by atoms with Crippen molar-refractivity contribution in [2.45, 2.75) is 9.79 Å². The minimum Gasteiger partial charge on any atom is -0.495 e. The van der Waals surface area contributed by atoms with Crippen molar-refractivity contribution in [1.82, 2.24) is 14.9 Å². The molecule has 276 valence electrons. The lowest BCUT2D eigenvalue weighted by molar-refractivity contribution is 0.0746. The van der Waals surface area contributed by atoms with Crippen molar-refractivity contribution in [3.05, 3.63) is 127 Å². The number of carbonyl (C=O) groups excluding carboxylic acids is 1. The maximum absolute atomic E-state index is 13.8. The fraction of sp³-hybridized carbons (Fsp3) is 0.154. The Morgan fingerprint density at radius 1 is 0.667 bits per heavy atom. The van der Waals surface area contributed by atoms with Crippen LogP contribution in [0.3, 0.4) is 0 Å². The smallest absolute Gasteiger partial charge is 0.265 e. The fourth-order valence-corrected chi connectivity index (χ4v) is 8.56. The van der Waals surface area contributed by atoms with Gasteiger partial charge in [0.25, 0.3) is 26.0 Å². The van der Waals surface area contributed by atoms with Gasteiger partial charge in [-0.1, -0.05) is 66.7 Å². The summed E-state index contributed by atoms with van der Waals surface area (Å²) in [7, 11) is -5.76. The Labute approximate surface area is 313 Å². The zero-order valence-electron chi connectivity index (χ0n) is 29.3. The van der Waals surface area contributed by atoms with Gasteiger partial charge in [-0.05, 0) is 54.6 Å². The van der Waals surface area contributed by atoms with E-state index in [-0.39, 0.29) is 38.4 Å². The molecule has 1 fully saturated rings. The summed E-state index contributed by atoms with van der Waals surface area (Å²) in [5.74, 6) is 0.538. The van der Waals surface area contributed by atoms with E-state index >= 15 is 0 Å². The topological polar surface area (TPSA) is 160 Å². The Balaban J connectivity index is 1.08. The third-order valence-electron chi connectivity index (χ3n) is 8.94. The molecule has 54 heavy (non-hydrogen) atoms. The lowest BCUT2D eigenvalue weighted by Crippen LogP contribution is -2.49. The van der Waals surface area contributed by atoms with Gasteiger partial charge in [0.2, 0.25) is 5.95 Å². The summed E-state index contributed by atoms with van der Waals surface area (Å²) < 4.78 is 69.5. The molecule has 7 rings (SSSR count). The summed E-state index contributed by atoms with van der Waals surface area (Å²) in [5, 5.41) is 0.944. The molecule has 0 spiro atoms. The van der Waals surface area contributed by atoms with E-state index in [0.29, 0.717) is 37.9 Å². The lowest BCUT2D eigenvalue weighted by atomic mass is 10.1. The van der Waals surface area contributed by atoms with E-state index in [1.807, 2.05) is 59.5 Å². The number of sulfonamides is 2. The van der Waals surface area contributed by atoms with Crippen molar-refractivity contribution in [1.29, 1.82) is 0 Å². The number of hydrogen-bond acceptors (Lipinski definition) is 10. The van der Waals surface area contributed by atoms with Gasteiger partial charge in [-0.25, -0.2) is 26.8 Å². The van der Waals surface area contributed by atoms with Crippen LogP contribution in [-0.2, 0) is 20.0 Å². The summed E-state index contributed by atoms with van der Waals surface area (Å²) in [4.78, 5) is 26.8. The average molecular weight is 765 g/mol. The van der Waals surface area contributed by atoms with Gasteiger partial charge < -0.3 is 19.3 Å². The molecule has 0 unspecified atom stereocenters. The highest BCUT2D eigenvalue weighted by Crippen LogP contribution is 2.31. The zero-order chi connectivity index (χ0) is 37.9. The second-order valence-electron chi connectivity index (χ2n) is 12.3. The Bertz CT molecular complexity index is 2560. The van der Waals surface area contributed by atoms with Crippen LogP contribution in [0, 0.1) is 0 Å². The van der Waals surface area contributed by atoms with Crippen LogP contribution in [0.2, 0.25) is 0 Å². The molecule has 1 aliphatic rings. The molecule has 2 heterocycles. The molecule has 1 aliphatic heterocycles. The van der Waals surface area contributed by atoms with Crippen LogP contribution in [-0.4, -0.2) is 78.0 Å². The lowest BCUT2D eigenvalue weighted by Gasteiger charge is -2.35. The van der Waals surface area contributed by atoms with Gasteiger partial charge in [0, 0.05) is 42.7 Å². The number of hydrogen-bond donors (Lipinski definition) is 2. The Morgan fingerprint density at radius 3 is 2.13 bits per heavy atom. The van der Waals surface area contributed by atoms with Gasteiger partial charge in [0.1, 0.15) is 16.4 Å². The van der Waals surface area contributed by atoms with Gasteiger partial charge in [-0.2, -0.15) is 0 Å². The molecule has 0 bridgehead atoms. The first-order valence-corrected chi connectivity index (χ1v) is 19.9. The molecule has 0 aliphatic carbocycles. The normalized spacial score (nSPS) is 13.4. The van der Waals surface area contributed by atoms with Crippen molar-refractivity contribution in [2.24, 2.45) is 0 Å². The standard InChI is InChI=1S/C39H36N6O7S2/c1-51-34-18-9-8-17-33(34)43-53(47,48)30-14-10-13-29(26-30)42-54(49,50)36-25-28(19-20-35(36)52-2)38(46)44-21-23-45(24-22-44)39-40-32-16-7-6-15-31(32)37(41-39)27-11-4-3-5-12-27/h3-20,25-26,42-43H,21-24H2,1-2H3. The minimum absolute atomic E-state index is 0.00755. The highest BCUT2D eigenvalue weighted by atomic mass is 32.2. The molecular formula is C39H36N6O7S2. The van der Waals surface area contributed by atoms with Crippen LogP contribution in [0.25, 0.3) is 22.2 Å². The molecule has 5 aromatic carbocycles. The molecule has 1 saturated heterocycles. The Hall–Kier alpha value is -6.19. The van der Waals surface area contributed by atoms with E-state index in [1.54, 1.807) is 29.2 Å². The number of methoxy groups -OCH3 is 2. The summed E-state index contributed by atoms with van der Waals surface area (Å²) in [6.07, 6.45) is 0.